The fourth-order valence-electron chi connectivity index (χ4n) is 4.13. The number of carbonyl (C=O) groups is 2. The predicted molar refractivity (Wildman–Crippen MR) is 124 cm³/mol. The fourth-order valence-corrected chi connectivity index (χ4v) is 4.13. The van der Waals surface area contributed by atoms with E-state index in [0.717, 1.165) is 43.5 Å². The molecule has 0 radical (unpaired) electrons. The van der Waals surface area contributed by atoms with Crippen LogP contribution in [0.4, 0.5) is 5.69 Å². The number of anilines is 1. The molecule has 3 aromatic rings. The molecule has 1 unspecified atom stereocenters. The van der Waals surface area contributed by atoms with Crippen LogP contribution in [-0.2, 0) is 11.2 Å². The molecule has 0 saturated carbocycles. The third kappa shape index (κ3) is 5.19. The second-order valence-corrected chi connectivity index (χ2v) is 8.13. The second-order valence-electron chi connectivity index (χ2n) is 8.13. The van der Waals surface area contributed by atoms with Gasteiger partial charge in [-0.05, 0) is 50.3 Å². The molecule has 1 saturated heterocycles. The summed E-state index contributed by atoms with van der Waals surface area (Å²) in [6.07, 6.45) is 5.64. The minimum atomic E-state index is -0.236. The molecule has 2 heterocycles. The number of nitrogens with one attached hydrogen (secondary N) is 1. The minimum absolute atomic E-state index is 0.130. The summed E-state index contributed by atoms with van der Waals surface area (Å²) in [6.45, 7) is 2.53. The summed E-state index contributed by atoms with van der Waals surface area (Å²) in [5, 5.41) is 2.87. The number of piperidine rings is 1. The van der Waals surface area contributed by atoms with Crippen LogP contribution in [0.25, 0.3) is 0 Å². The van der Waals surface area contributed by atoms with Crippen molar-refractivity contribution in [3.05, 3.63) is 89.5 Å². The van der Waals surface area contributed by atoms with Gasteiger partial charge in [-0.1, -0.05) is 48.5 Å². The Labute approximate surface area is 188 Å². The highest BCUT2D eigenvalue weighted by Crippen LogP contribution is 2.30. The number of para-hydroxylation sites is 1. The van der Waals surface area contributed by atoms with Crippen molar-refractivity contribution in [3.63, 3.8) is 0 Å². The first-order valence-corrected chi connectivity index (χ1v) is 11.1. The van der Waals surface area contributed by atoms with Gasteiger partial charge in [0, 0.05) is 24.8 Å². The number of nitrogens with zero attached hydrogens (tertiary/aromatic N) is 3. The van der Waals surface area contributed by atoms with Crippen molar-refractivity contribution in [2.24, 2.45) is 0 Å². The Morgan fingerprint density at radius 1 is 1.03 bits per heavy atom. The van der Waals surface area contributed by atoms with Gasteiger partial charge in [-0.3, -0.25) is 9.59 Å². The highest BCUT2D eigenvalue weighted by molar-refractivity contribution is 6.04. The summed E-state index contributed by atoms with van der Waals surface area (Å²) in [6, 6.07) is 19.2. The largest absolute Gasteiger partial charge is 0.332 e. The Balaban J connectivity index is 1.46. The maximum Gasteiger partial charge on any atom is 0.259 e. The van der Waals surface area contributed by atoms with E-state index in [-0.39, 0.29) is 17.9 Å². The molecule has 6 nitrogen and oxygen atoms in total. The van der Waals surface area contributed by atoms with Gasteiger partial charge in [-0.25, -0.2) is 9.97 Å². The molecule has 2 amide bonds. The molecule has 1 N–H and O–H groups in total. The number of likely N-dealkylation sites (tertiary alicyclic amines) is 1. The Kier molecular flexibility index (Phi) is 6.90. The van der Waals surface area contributed by atoms with E-state index < -0.39 is 0 Å². The minimum Gasteiger partial charge on any atom is -0.332 e. The van der Waals surface area contributed by atoms with Crippen LogP contribution in [0.15, 0.2) is 66.9 Å². The molecule has 164 valence electrons. The molecule has 0 aliphatic carbocycles. The summed E-state index contributed by atoms with van der Waals surface area (Å²) in [7, 11) is 0. The van der Waals surface area contributed by atoms with Crippen LogP contribution in [0.3, 0.4) is 0 Å². The van der Waals surface area contributed by atoms with Crippen molar-refractivity contribution < 1.29 is 9.59 Å². The van der Waals surface area contributed by atoms with E-state index >= 15 is 0 Å². The van der Waals surface area contributed by atoms with Crippen molar-refractivity contribution in [3.8, 4) is 0 Å². The quantitative estimate of drug-likeness (QED) is 0.616. The third-order valence-corrected chi connectivity index (χ3v) is 5.87. The molecular formula is C26H28N4O2. The normalized spacial score (nSPS) is 15.9. The van der Waals surface area contributed by atoms with E-state index in [2.05, 4.69) is 15.3 Å². The topological polar surface area (TPSA) is 75.2 Å². The maximum atomic E-state index is 13.0. The van der Waals surface area contributed by atoms with E-state index in [4.69, 9.17) is 0 Å². The molecule has 0 spiro atoms. The predicted octanol–water partition coefficient (Wildman–Crippen LogP) is 4.72. The summed E-state index contributed by atoms with van der Waals surface area (Å²) in [4.78, 5) is 36.8. The van der Waals surface area contributed by atoms with E-state index in [0.29, 0.717) is 23.5 Å². The van der Waals surface area contributed by atoms with E-state index in [9.17, 15) is 9.59 Å². The van der Waals surface area contributed by atoms with Crippen molar-refractivity contribution in [1.82, 2.24) is 14.9 Å². The average Bonchev–Trinajstić information content (AvgIpc) is 2.83. The van der Waals surface area contributed by atoms with Gasteiger partial charge in [0.2, 0.25) is 5.91 Å². The number of aryl methyl sites for hydroxylation is 2. The number of hydrogen-bond acceptors (Lipinski definition) is 4. The lowest BCUT2D eigenvalue weighted by Crippen LogP contribution is -2.39. The molecule has 1 atom stereocenters. The molecule has 1 fully saturated rings. The molecule has 32 heavy (non-hydrogen) atoms. The summed E-state index contributed by atoms with van der Waals surface area (Å²) < 4.78 is 0. The van der Waals surface area contributed by atoms with Gasteiger partial charge in [0.15, 0.2) is 5.82 Å². The number of rotatable bonds is 6. The Morgan fingerprint density at radius 3 is 2.47 bits per heavy atom. The number of hydrogen-bond donors (Lipinski definition) is 1. The van der Waals surface area contributed by atoms with Crippen LogP contribution < -0.4 is 5.32 Å². The third-order valence-electron chi connectivity index (χ3n) is 5.87. The van der Waals surface area contributed by atoms with Gasteiger partial charge in [-0.15, -0.1) is 0 Å². The van der Waals surface area contributed by atoms with Crippen LogP contribution in [0.1, 0.15) is 59.2 Å². The van der Waals surface area contributed by atoms with Crippen LogP contribution in [0.2, 0.25) is 0 Å². The molecular weight excluding hydrogens is 400 g/mol. The first-order chi connectivity index (χ1) is 15.6. The van der Waals surface area contributed by atoms with Gasteiger partial charge in [0.1, 0.15) is 0 Å². The summed E-state index contributed by atoms with van der Waals surface area (Å²) >= 11 is 0. The molecule has 6 heteroatoms. The average molecular weight is 429 g/mol. The van der Waals surface area contributed by atoms with Gasteiger partial charge in [-0.2, -0.15) is 0 Å². The van der Waals surface area contributed by atoms with Crippen molar-refractivity contribution in [2.75, 3.05) is 11.9 Å². The van der Waals surface area contributed by atoms with Crippen molar-refractivity contribution in [2.45, 2.75) is 45.1 Å². The first kappa shape index (κ1) is 21.7. The Morgan fingerprint density at radius 2 is 1.75 bits per heavy atom. The van der Waals surface area contributed by atoms with E-state index in [1.807, 2.05) is 72.5 Å². The molecule has 2 aromatic carbocycles. The van der Waals surface area contributed by atoms with Gasteiger partial charge in [0.05, 0.1) is 17.3 Å². The molecule has 1 aliphatic rings. The second kappa shape index (κ2) is 10.2. The monoisotopic (exact) mass is 428 g/mol. The van der Waals surface area contributed by atoms with E-state index in [1.54, 1.807) is 6.20 Å². The number of amides is 2. The summed E-state index contributed by atoms with van der Waals surface area (Å²) in [5.41, 5.74) is 2.94. The standard InChI is InChI=1S/C26H28N4O2/c1-19-22(26(32)29-21-12-6-3-7-13-21)18-27-25(28-19)23-14-8-9-17-30(23)24(31)16-15-20-10-4-2-5-11-20/h2-7,10-13,18,23H,8-9,14-17H2,1H3,(H,29,32). The molecule has 4 rings (SSSR count). The first-order valence-electron chi connectivity index (χ1n) is 11.1. The van der Waals surface area contributed by atoms with Crippen molar-refractivity contribution in [1.29, 1.82) is 0 Å². The highest BCUT2D eigenvalue weighted by Gasteiger charge is 2.30. The van der Waals surface area contributed by atoms with Crippen LogP contribution >= 0.6 is 0 Å². The van der Waals surface area contributed by atoms with Crippen LogP contribution in [-0.4, -0.2) is 33.2 Å². The van der Waals surface area contributed by atoms with Gasteiger partial charge in [0.25, 0.3) is 5.91 Å². The van der Waals surface area contributed by atoms with Gasteiger partial charge < -0.3 is 10.2 Å². The molecule has 0 bridgehead atoms. The van der Waals surface area contributed by atoms with Crippen LogP contribution in [0, 0.1) is 6.92 Å². The zero-order chi connectivity index (χ0) is 22.3. The Hall–Kier alpha value is -3.54. The van der Waals surface area contributed by atoms with Crippen LogP contribution in [0.5, 0.6) is 0 Å². The fraction of sp³-hybridized carbons (Fsp3) is 0.308. The Bertz CT molecular complexity index is 1070. The lowest BCUT2D eigenvalue weighted by atomic mass is 9.99. The summed E-state index contributed by atoms with van der Waals surface area (Å²) in [5.74, 6) is 0.511. The lowest BCUT2D eigenvalue weighted by Gasteiger charge is -2.35. The smallest absolute Gasteiger partial charge is 0.259 e. The number of aromatic nitrogens is 2. The number of carbonyl (C=O) groups excluding carboxylic acids is 2. The van der Waals surface area contributed by atoms with Crippen molar-refractivity contribution >= 4 is 17.5 Å². The zero-order valence-electron chi connectivity index (χ0n) is 18.3. The zero-order valence-corrected chi connectivity index (χ0v) is 18.3. The highest BCUT2D eigenvalue weighted by atomic mass is 16.2. The van der Waals surface area contributed by atoms with Gasteiger partial charge >= 0.3 is 0 Å². The molecule has 1 aromatic heterocycles. The SMILES string of the molecule is Cc1nc(C2CCCCN2C(=O)CCc2ccccc2)ncc1C(=O)Nc1ccccc1. The maximum absolute atomic E-state index is 13.0. The van der Waals surface area contributed by atoms with E-state index in [1.165, 1.54) is 0 Å². The molecule has 1 aliphatic heterocycles. The number of benzene rings is 2. The lowest BCUT2D eigenvalue weighted by molar-refractivity contribution is -0.135.